The minimum absolute atomic E-state index is 0.0294. The van der Waals surface area contributed by atoms with Crippen molar-refractivity contribution in [2.45, 2.75) is 17.4 Å². The summed E-state index contributed by atoms with van der Waals surface area (Å²) in [5, 5.41) is 8.35. The SMILES string of the molecule is N=C(N)c1cccc(CC(NS(=O)(=O)c2ccccc2)c2nc3ccccc3s2)c1. The Kier molecular flexibility index (Phi) is 5.63. The summed E-state index contributed by atoms with van der Waals surface area (Å²) in [6.07, 6.45) is 0.382. The number of sulfonamides is 1. The minimum Gasteiger partial charge on any atom is -0.384 e. The standard InChI is InChI=1S/C22H20N4O2S2/c23-21(24)16-8-6-7-15(13-16)14-19(22-25-18-11-4-5-12-20(18)29-22)26-30(27,28)17-9-2-1-3-10-17/h1-13,19,26H,14H2,(H3,23,24). The largest absolute Gasteiger partial charge is 0.384 e. The highest BCUT2D eigenvalue weighted by Crippen LogP contribution is 2.29. The van der Waals surface area contributed by atoms with Gasteiger partial charge in [0.05, 0.1) is 21.2 Å². The maximum atomic E-state index is 13.0. The van der Waals surface area contributed by atoms with Gasteiger partial charge in [-0.2, -0.15) is 0 Å². The number of hydrogen-bond donors (Lipinski definition) is 3. The number of nitrogens with zero attached hydrogens (tertiary/aromatic N) is 1. The molecule has 1 heterocycles. The lowest BCUT2D eigenvalue weighted by Crippen LogP contribution is -2.30. The normalized spacial score (nSPS) is 12.7. The molecule has 0 fully saturated rings. The quantitative estimate of drug-likeness (QED) is 0.302. The molecule has 0 bridgehead atoms. The number of rotatable bonds is 7. The van der Waals surface area contributed by atoms with E-state index >= 15 is 0 Å². The van der Waals surface area contributed by atoms with E-state index < -0.39 is 16.1 Å². The van der Waals surface area contributed by atoms with Crippen LogP contribution in [0.1, 0.15) is 22.2 Å². The molecule has 1 atom stereocenters. The van der Waals surface area contributed by atoms with Crippen molar-refractivity contribution < 1.29 is 8.42 Å². The van der Waals surface area contributed by atoms with Crippen LogP contribution < -0.4 is 10.5 Å². The van der Waals surface area contributed by atoms with E-state index in [0.29, 0.717) is 17.0 Å². The maximum absolute atomic E-state index is 13.0. The number of thiazole rings is 1. The Morgan fingerprint density at radius 2 is 1.77 bits per heavy atom. The topological polar surface area (TPSA) is 109 Å². The summed E-state index contributed by atoms with van der Waals surface area (Å²) in [7, 11) is -3.74. The summed E-state index contributed by atoms with van der Waals surface area (Å²) in [6.45, 7) is 0. The molecular weight excluding hydrogens is 416 g/mol. The first-order chi connectivity index (χ1) is 14.4. The van der Waals surface area contributed by atoms with Crippen LogP contribution in [0.25, 0.3) is 10.2 Å². The average molecular weight is 437 g/mol. The molecule has 0 saturated heterocycles. The number of nitrogens with one attached hydrogen (secondary N) is 2. The number of aromatic nitrogens is 1. The molecule has 1 aromatic heterocycles. The first-order valence-electron chi connectivity index (χ1n) is 9.28. The molecule has 0 saturated carbocycles. The van der Waals surface area contributed by atoms with Crippen LogP contribution in [0.15, 0.2) is 83.8 Å². The second kappa shape index (κ2) is 8.35. The molecule has 0 aliphatic rings. The summed E-state index contributed by atoms with van der Waals surface area (Å²) in [5.41, 5.74) is 7.91. The summed E-state index contributed by atoms with van der Waals surface area (Å²) >= 11 is 1.47. The van der Waals surface area contributed by atoms with Crippen molar-refractivity contribution in [2.24, 2.45) is 5.73 Å². The average Bonchev–Trinajstić information content (AvgIpc) is 3.18. The lowest BCUT2D eigenvalue weighted by atomic mass is 10.0. The van der Waals surface area contributed by atoms with Gasteiger partial charge in [-0.1, -0.05) is 48.5 Å². The molecule has 30 heavy (non-hydrogen) atoms. The van der Waals surface area contributed by atoms with Gasteiger partial charge in [0, 0.05) is 5.56 Å². The van der Waals surface area contributed by atoms with Gasteiger partial charge in [0.1, 0.15) is 10.8 Å². The smallest absolute Gasteiger partial charge is 0.241 e. The number of amidine groups is 1. The Bertz CT molecular complexity index is 1270. The maximum Gasteiger partial charge on any atom is 0.241 e. The van der Waals surface area contributed by atoms with Gasteiger partial charge in [-0.15, -0.1) is 11.3 Å². The van der Waals surface area contributed by atoms with Gasteiger partial charge in [0.2, 0.25) is 10.0 Å². The van der Waals surface area contributed by atoms with Crippen LogP contribution in [0.5, 0.6) is 0 Å². The molecule has 8 heteroatoms. The number of fused-ring (bicyclic) bond motifs is 1. The Morgan fingerprint density at radius 1 is 1.03 bits per heavy atom. The summed E-state index contributed by atoms with van der Waals surface area (Å²) in [6, 6.07) is 22.7. The van der Waals surface area contributed by atoms with Crippen LogP contribution in [0, 0.1) is 5.41 Å². The van der Waals surface area contributed by atoms with E-state index in [2.05, 4.69) is 9.71 Å². The fourth-order valence-corrected chi connectivity index (χ4v) is 5.49. The first-order valence-corrected chi connectivity index (χ1v) is 11.6. The Labute approximate surface area is 179 Å². The molecule has 4 N–H and O–H groups in total. The molecule has 0 aliphatic carbocycles. The molecule has 1 unspecified atom stereocenters. The van der Waals surface area contributed by atoms with Gasteiger partial charge in [0.25, 0.3) is 0 Å². The zero-order valence-corrected chi connectivity index (χ0v) is 17.6. The van der Waals surface area contributed by atoms with Crippen molar-refractivity contribution in [2.75, 3.05) is 0 Å². The molecule has 0 radical (unpaired) electrons. The van der Waals surface area contributed by atoms with E-state index in [0.717, 1.165) is 15.8 Å². The van der Waals surface area contributed by atoms with Gasteiger partial charge in [-0.05, 0) is 42.3 Å². The highest BCUT2D eigenvalue weighted by molar-refractivity contribution is 7.89. The third-order valence-electron chi connectivity index (χ3n) is 4.64. The predicted molar refractivity (Wildman–Crippen MR) is 120 cm³/mol. The Balaban J connectivity index is 1.73. The summed E-state index contributed by atoms with van der Waals surface area (Å²) < 4.78 is 29.8. The van der Waals surface area contributed by atoms with E-state index in [1.54, 1.807) is 42.5 Å². The third kappa shape index (κ3) is 4.40. The van der Waals surface area contributed by atoms with Gasteiger partial charge in [-0.25, -0.2) is 18.1 Å². The van der Waals surface area contributed by atoms with Crippen molar-refractivity contribution >= 4 is 37.4 Å². The van der Waals surface area contributed by atoms with Gasteiger partial charge in [-0.3, -0.25) is 5.41 Å². The van der Waals surface area contributed by atoms with E-state index in [1.807, 2.05) is 36.4 Å². The lowest BCUT2D eigenvalue weighted by molar-refractivity contribution is 0.554. The molecule has 0 aliphatic heterocycles. The van der Waals surface area contributed by atoms with Crippen LogP contribution >= 0.6 is 11.3 Å². The van der Waals surface area contributed by atoms with Crippen molar-refractivity contribution in [3.63, 3.8) is 0 Å². The number of benzene rings is 3. The fourth-order valence-electron chi connectivity index (χ4n) is 3.17. The second-order valence-electron chi connectivity index (χ2n) is 6.82. The lowest BCUT2D eigenvalue weighted by Gasteiger charge is -2.17. The van der Waals surface area contributed by atoms with E-state index in [4.69, 9.17) is 11.1 Å². The van der Waals surface area contributed by atoms with E-state index in [9.17, 15) is 8.42 Å². The second-order valence-corrected chi connectivity index (χ2v) is 9.60. The zero-order chi connectivity index (χ0) is 21.1. The molecule has 152 valence electrons. The molecule has 4 rings (SSSR count). The van der Waals surface area contributed by atoms with Crippen molar-refractivity contribution in [3.05, 3.63) is 95.0 Å². The molecule has 3 aromatic carbocycles. The molecule has 0 amide bonds. The van der Waals surface area contributed by atoms with Crippen molar-refractivity contribution in [1.29, 1.82) is 5.41 Å². The van der Waals surface area contributed by atoms with Crippen molar-refractivity contribution in [3.8, 4) is 0 Å². The van der Waals surface area contributed by atoms with Crippen LogP contribution in [0.3, 0.4) is 0 Å². The highest BCUT2D eigenvalue weighted by Gasteiger charge is 2.24. The predicted octanol–water partition coefficient (Wildman–Crippen LogP) is 3.84. The fraction of sp³-hybridized carbons (Fsp3) is 0.0909. The monoisotopic (exact) mass is 436 g/mol. The highest BCUT2D eigenvalue weighted by atomic mass is 32.2. The summed E-state index contributed by atoms with van der Waals surface area (Å²) in [5.74, 6) is -0.0294. The molecular formula is C22H20N4O2S2. The third-order valence-corrected chi connectivity index (χ3v) is 7.27. The van der Waals surface area contributed by atoms with Crippen LogP contribution in [0.2, 0.25) is 0 Å². The van der Waals surface area contributed by atoms with Crippen molar-refractivity contribution in [1.82, 2.24) is 9.71 Å². The van der Waals surface area contributed by atoms with E-state index in [-0.39, 0.29) is 10.7 Å². The number of para-hydroxylation sites is 1. The molecule has 4 aromatic rings. The van der Waals surface area contributed by atoms with Gasteiger partial charge < -0.3 is 5.73 Å². The van der Waals surface area contributed by atoms with Crippen LogP contribution in [-0.4, -0.2) is 19.2 Å². The number of nitrogens with two attached hydrogens (primary N) is 1. The zero-order valence-electron chi connectivity index (χ0n) is 15.9. The van der Waals surface area contributed by atoms with Crippen LogP contribution in [0.4, 0.5) is 0 Å². The number of nitrogen functional groups attached to an aromatic ring is 1. The summed E-state index contributed by atoms with van der Waals surface area (Å²) in [4.78, 5) is 4.87. The Hall–Kier alpha value is -3.07. The van der Waals surface area contributed by atoms with E-state index in [1.165, 1.54) is 11.3 Å². The Morgan fingerprint density at radius 3 is 2.50 bits per heavy atom. The molecule has 0 spiro atoms. The van der Waals surface area contributed by atoms with Gasteiger partial charge in [0.15, 0.2) is 0 Å². The molecule has 6 nitrogen and oxygen atoms in total. The number of hydrogen-bond acceptors (Lipinski definition) is 5. The van der Waals surface area contributed by atoms with Gasteiger partial charge >= 0.3 is 0 Å². The minimum atomic E-state index is -3.74. The van der Waals surface area contributed by atoms with Crippen LogP contribution in [-0.2, 0) is 16.4 Å². The first kappa shape index (κ1) is 20.2.